The molecule has 27 heavy (non-hydrogen) atoms. The Morgan fingerprint density at radius 3 is 2.67 bits per heavy atom. The topological polar surface area (TPSA) is 85.3 Å². The highest BCUT2D eigenvalue weighted by Crippen LogP contribution is 2.30. The number of benzene rings is 1. The van der Waals surface area contributed by atoms with E-state index in [0.717, 1.165) is 5.56 Å². The predicted molar refractivity (Wildman–Crippen MR) is 102 cm³/mol. The van der Waals surface area contributed by atoms with Crippen molar-refractivity contribution in [3.63, 3.8) is 0 Å². The number of rotatable bonds is 7. The lowest BCUT2D eigenvalue weighted by atomic mass is 10.1. The van der Waals surface area contributed by atoms with E-state index in [2.05, 4.69) is 21.1 Å². The second-order valence-electron chi connectivity index (χ2n) is 6.21. The third-order valence-electron chi connectivity index (χ3n) is 4.41. The van der Waals surface area contributed by atoms with Gasteiger partial charge in [0.15, 0.2) is 5.82 Å². The van der Waals surface area contributed by atoms with E-state index in [1.54, 1.807) is 6.20 Å². The number of sulfonamides is 1. The zero-order valence-corrected chi connectivity index (χ0v) is 15.8. The molecule has 2 aromatic rings. The zero-order chi connectivity index (χ0) is 19.1. The lowest BCUT2D eigenvalue weighted by Crippen LogP contribution is -2.43. The molecule has 0 radical (unpaired) electrons. The van der Waals surface area contributed by atoms with Gasteiger partial charge in [-0.2, -0.15) is 9.40 Å². The molecule has 7 nitrogen and oxygen atoms in total. The monoisotopic (exact) mass is 386 g/mol. The van der Waals surface area contributed by atoms with Crippen molar-refractivity contribution in [1.82, 2.24) is 19.5 Å². The van der Waals surface area contributed by atoms with E-state index in [-0.39, 0.29) is 5.82 Å². The number of ether oxygens (including phenoxy) is 1. The highest BCUT2D eigenvalue weighted by atomic mass is 32.2. The van der Waals surface area contributed by atoms with Crippen molar-refractivity contribution < 1.29 is 13.2 Å². The maximum atomic E-state index is 13.2. The van der Waals surface area contributed by atoms with Crippen molar-refractivity contribution in [2.75, 3.05) is 26.3 Å². The first-order valence-corrected chi connectivity index (χ1v) is 10.4. The fourth-order valence-corrected chi connectivity index (χ4v) is 4.83. The summed E-state index contributed by atoms with van der Waals surface area (Å²) in [4.78, 5) is 4.52. The predicted octanol–water partition coefficient (Wildman–Crippen LogP) is 2.05. The van der Waals surface area contributed by atoms with Crippen LogP contribution in [0.15, 0.2) is 36.5 Å². The molecular formula is C19H22N4O3S. The van der Waals surface area contributed by atoms with Crippen LogP contribution in [-0.2, 0) is 14.8 Å². The second-order valence-corrected chi connectivity index (χ2v) is 8.32. The number of aromatic nitrogens is 3. The molecular weight excluding hydrogens is 364 g/mol. The second kappa shape index (κ2) is 9.04. The van der Waals surface area contributed by atoms with Crippen LogP contribution in [0.4, 0.5) is 0 Å². The highest BCUT2D eigenvalue weighted by molar-refractivity contribution is 7.89. The van der Waals surface area contributed by atoms with Gasteiger partial charge in [0.2, 0.25) is 10.0 Å². The molecule has 2 heterocycles. The maximum Gasteiger partial charge on any atom is 0.224 e. The molecule has 1 aromatic carbocycles. The summed E-state index contributed by atoms with van der Waals surface area (Å²) >= 11 is 0. The molecule has 0 amide bonds. The summed E-state index contributed by atoms with van der Waals surface area (Å²) in [5.41, 5.74) is 1.46. The van der Waals surface area contributed by atoms with Crippen LogP contribution in [0.5, 0.6) is 0 Å². The molecule has 1 aromatic heterocycles. The highest BCUT2D eigenvalue weighted by Gasteiger charge is 2.36. The van der Waals surface area contributed by atoms with Crippen LogP contribution < -0.4 is 0 Å². The minimum atomic E-state index is -3.64. The van der Waals surface area contributed by atoms with Gasteiger partial charge in [-0.25, -0.2) is 13.4 Å². The SMILES string of the molecule is C#CCCCC(c1nncc(-c2ccccc2)n1)S(=O)(=O)N1CCOCC1. The fraction of sp³-hybridized carbons (Fsp3) is 0.421. The molecule has 0 spiro atoms. The third-order valence-corrected chi connectivity index (χ3v) is 6.66. The molecule has 3 rings (SSSR count). The molecule has 8 heteroatoms. The van der Waals surface area contributed by atoms with Gasteiger partial charge in [-0.1, -0.05) is 30.3 Å². The van der Waals surface area contributed by atoms with Gasteiger partial charge < -0.3 is 4.74 Å². The van der Waals surface area contributed by atoms with Gasteiger partial charge in [0.1, 0.15) is 5.25 Å². The van der Waals surface area contributed by atoms with Gasteiger partial charge >= 0.3 is 0 Å². The first kappa shape index (κ1) is 19.4. The molecule has 0 N–H and O–H groups in total. The van der Waals surface area contributed by atoms with Crippen LogP contribution in [0, 0.1) is 12.3 Å². The van der Waals surface area contributed by atoms with Crippen LogP contribution in [0.25, 0.3) is 11.3 Å². The van der Waals surface area contributed by atoms with Gasteiger partial charge in [-0.05, 0) is 12.8 Å². The fourth-order valence-electron chi connectivity index (χ4n) is 2.98. The van der Waals surface area contributed by atoms with E-state index in [9.17, 15) is 8.42 Å². The maximum absolute atomic E-state index is 13.2. The zero-order valence-electron chi connectivity index (χ0n) is 15.0. The van der Waals surface area contributed by atoms with E-state index in [4.69, 9.17) is 11.2 Å². The summed E-state index contributed by atoms with van der Waals surface area (Å²) in [5.74, 6) is 2.77. The molecule has 1 atom stereocenters. The smallest absolute Gasteiger partial charge is 0.224 e. The Balaban J connectivity index is 1.94. The summed E-state index contributed by atoms with van der Waals surface area (Å²) in [6.45, 7) is 1.44. The van der Waals surface area contributed by atoms with Gasteiger partial charge in [-0.15, -0.1) is 17.4 Å². The number of nitrogens with zero attached hydrogens (tertiary/aromatic N) is 4. The van der Waals surface area contributed by atoms with E-state index >= 15 is 0 Å². The molecule has 1 unspecified atom stereocenters. The minimum absolute atomic E-state index is 0.208. The van der Waals surface area contributed by atoms with Crippen molar-refractivity contribution >= 4 is 10.0 Å². The average Bonchev–Trinajstić information content (AvgIpc) is 2.72. The van der Waals surface area contributed by atoms with E-state index < -0.39 is 15.3 Å². The number of morpholine rings is 1. The van der Waals surface area contributed by atoms with Gasteiger partial charge in [0.25, 0.3) is 0 Å². The van der Waals surface area contributed by atoms with Crippen LogP contribution in [0.2, 0.25) is 0 Å². The minimum Gasteiger partial charge on any atom is -0.379 e. The first-order chi connectivity index (χ1) is 13.1. The number of hydrogen-bond donors (Lipinski definition) is 0. The number of terminal acetylenes is 1. The molecule has 142 valence electrons. The van der Waals surface area contributed by atoms with Gasteiger partial charge in [0.05, 0.1) is 25.1 Å². The summed E-state index contributed by atoms with van der Waals surface area (Å²) < 4.78 is 33.2. The summed E-state index contributed by atoms with van der Waals surface area (Å²) in [5, 5.41) is 7.19. The van der Waals surface area contributed by atoms with E-state index in [1.165, 1.54) is 4.31 Å². The van der Waals surface area contributed by atoms with Crippen molar-refractivity contribution in [3.05, 3.63) is 42.4 Å². The van der Waals surface area contributed by atoms with Crippen LogP contribution in [0.3, 0.4) is 0 Å². The van der Waals surface area contributed by atoms with Crippen molar-refractivity contribution in [3.8, 4) is 23.6 Å². The van der Waals surface area contributed by atoms with E-state index in [0.29, 0.717) is 51.3 Å². The van der Waals surface area contributed by atoms with Crippen molar-refractivity contribution in [2.24, 2.45) is 0 Å². The summed E-state index contributed by atoms with van der Waals surface area (Å²) in [7, 11) is -3.64. The standard InChI is InChI=1S/C19H22N4O3S/c1-2-3-5-10-18(27(24,25)23-11-13-26-14-12-23)19-21-17(15-20-22-19)16-8-6-4-7-9-16/h1,4,6-9,15,18H,3,5,10-14H2. The average molecular weight is 386 g/mol. The van der Waals surface area contributed by atoms with Gasteiger partial charge in [-0.3, -0.25) is 0 Å². The molecule has 1 aliphatic heterocycles. The number of hydrogen-bond acceptors (Lipinski definition) is 6. The Labute approximate surface area is 159 Å². The summed E-state index contributed by atoms with van der Waals surface area (Å²) in [6.07, 6.45) is 8.30. The Hall–Kier alpha value is -2.34. The normalized spacial score (nSPS) is 16.6. The Morgan fingerprint density at radius 1 is 1.22 bits per heavy atom. The molecule has 1 fully saturated rings. The quantitative estimate of drug-likeness (QED) is 0.535. The van der Waals surface area contributed by atoms with Crippen LogP contribution in [0.1, 0.15) is 30.3 Å². The molecule has 1 saturated heterocycles. The van der Waals surface area contributed by atoms with E-state index in [1.807, 2.05) is 30.3 Å². The summed E-state index contributed by atoms with van der Waals surface area (Å²) in [6, 6.07) is 9.50. The Morgan fingerprint density at radius 2 is 1.96 bits per heavy atom. The molecule has 0 saturated carbocycles. The van der Waals surface area contributed by atoms with Crippen LogP contribution >= 0.6 is 0 Å². The van der Waals surface area contributed by atoms with Crippen molar-refractivity contribution in [1.29, 1.82) is 0 Å². The lowest BCUT2D eigenvalue weighted by Gasteiger charge is -2.29. The molecule has 0 bridgehead atoms. The Bertz CT molecular complexity index is 891. The van der Waals surface area contributed by atoms with Crippen molar-refractivity contribution in [2.45, 2.75) is 24.5 Å². The largest absolute Gasteiger partial charge is 0.379 e. The first-order valence-electron chi connectivity index (χ1n) is 8.88. The Kier molecular flexibility index (Phi) is 6.50. The van der Waals surface area contributed by atoms with Crippen LogP contribution in [-0.4, -0.2) is 54.2 Å². The van der Waals surface area contributed by atoms with Gasteiger partial charge in [0, 0.05) is 25.1 Å². The molecule has 1 aliphatic rings. The third kappa shape index (κ3) is 4.69. The lowest BCUT2D eigenvalue weighted by molar-refractivity contribution is 0.0725. The molecule has 0 aliphatic carbocycles. The number of unbranched alkanes of at least 4 members (excludes halogenated alkanes) is 1.